The van der Waals surface area contributed by atoms with Gasteiger partial charge in [0.1, 0.15) is 0 Å². The highest BCUT2D eigenvalue weighted by molar-refractivity contribution is 5.94. The Bertz CT molecular complexity index is 540. The molecule has 1 aromatic carbocycles. The van der Waals surface area contributed by atoms with Crippen molar-refractivity contribution < 1.29 is 14.1 Å². The summed E-state index contributed by atoms with van der Waals surface area (Å²) in [6.45, 7) is 2.79. The van der Waals surface area contributed by atoms with Crippen molar-refractivity contribution in [2.45, 2.75) is 32.6 Å². The number of nitro benzene ring substituents is 1. The van der Waals surface area contributed by atoms with Crippen molar-refractivity contribution in [1.29, 1.82) is 0 Å². The zero-order chi connectivity index (χ0) is 15.4. The lowest BCUT2D eigenvalue weighted by atomic mass is 9.83. The third-order valence-corrected chi connectivity index (χ3v) is 4.09. The maximum Gasteiger partial charge on any atom is 0.305 e. The van der Waals surface area contributed by atoms with Gasteiger partial charge in [0.05, 0.1) is 4.92 Å². The first kappa shape index (κ1) is 15.4. The Hall–Kier alpha value is -1.98. The number of amides is 1. The third kappa shape index (κ3) is 4.00. The van der Waals surface area contributed by atoms with Crippen molar-refractivity contribution >= 4 is 11.6 Å². The number of halogens is 1. The smallest absolute Gasteiger partial charge is 0.305 e. The summed E-state index contributed by atoms with van der Waals surface area (Å²) < 4.78 is 13.2. The summed E-state index contributed by atoms with van der Waals surface area (Å²) in [5, 5.41) is 13.5. The van der Waals surface area contributed by atoms with E-state index in [-0.39, 0.29) is 5.56 Å². The van der Waals surface area contributed by atoms with Gasteiger partial charge in [0.15, 0.2) is 0 Å². The molecule has 0 spiro atoms. The van der Waals surface area contributed by atoms with Gasteiger partial charge in [0.25, 0.3) is 5.91 Å². The Morgan fingerprint density at radius 2 is 2.05 bits per heavy atom. The van der Waals surface area contributed by atoms with Crippen molar-refractivity contribution in [1.82, 2.24) is 5.32 Å². The molecule has 1 aliphatic rings. The number of carbonyl (C=O) groups excluding carboxylic acids is 1. The molecule has 0 saturated heterocycles. The number of hydrogen-bond acceptors (Lipinski definition) is 3. The Morgan fingerprint density at radius 1 is 1.38 bits per heavy atom. The first-order valence-electron chi connectivity index (χ1n) is 7.19. The number of nitrogens with zero attached hydrogens (tertiary/aromatic N) is 1. The topological polar surface area (TPSA) is 72.2 Å². The van der Waals surface area contributed by atoms with Crippen LogP contribution in [-0.4, -0.2) is 17.4 Å². The average Bonchev–Trinajstić information content (AvgIpc) is 2.46. The molecular weight excluding hydrogens is 275 g/mol. The molecule has 21 heavy (non-hydrogen) atoms. The molecule has 1 amide bonds. The Labute approximate surface area is 122 Å². The summed E-state index contributed by atoms with van der Waals surface area (Å²) in [5.41, 5.74) is -0.554. The SMILES string of the molecule is CC1CCC(CNC(=O)c2ccc(F)c([N+](=O)[O-])c2)CC1. The first-order chi connectivity index (χ1) is 9.97. The average molecular weight is 294 g/mol. The van der Waals surface area contributed by atoms with Crippen LogP contribution in [0.4, 0.5) is 10.1 Å². The number of nitrogens with one attached hydrogen (secondary N) is 1. The van der Waals surface area contributed by atoms with Crippen molar-refractivity contribution in [3.63, 3.8) is 0 Å². The van der Waals surface area contributed by atoms with E-state index >= 15 is 0 Å². The molecule has 0 heterocycles. The van der Waals surface area contributed by atoms with E-state index in [2.05, 4.69) is 12.2 Å². The van der Waals surface area contributed by atoms with Crippen molar-refractivity contribution in [2.24, 2.45) is 11.8 Å². The zero-order valence-corrected chi connectivity index (χ0v) is 12.0. The van der Waals surface area contributed by atoms with E-state index in [1.54, 1.807) is 0 Å². The van der Waals surface area contributed by atoms with Gasteiger partial charge >= 0.3 is 5.69 Å². The molecule has 1 saturated carbocycles. The van der Waals surface area contributed by atoms with Crippen LogP contribution in [-0.2, 0) is 0 Å². The second kappa shape index (κ2) is 6.65. The maximum absolute atomic E-state index is 13.2. The minimum Gasteiger partial charge on any atom is -0.352 e. The van der Waals surface area contributed by atoms with Crippen molar-refractivity contribution in [3.05, 3.63) is 39.7 Å². The highest BCUT2D eigenvalue weighted by Gasteiger charge is 2.20. The summed E-state index contributed by atoms with van der Waals surface area (Å²) in [5.74, 6) is -0.119. The standard InChI is InChI=1S/C15H19FN2O3/c1-10-2-4-11(5-3-10)9-17-15(19)12-6-7-13(16)14(8-12)18(20)21/h6-8,10-11H,2-5,9H2,1H3,(H,17,19). The quantitative estimate of drug-likeness (QED) is 0.684. The van der Waals surface area contributed by atoms with E-state index < -0.39 is 22.3 Å². The molecule has 0 unspecified atom stereocenters. The number of benzene rings is 1. The van der Waals surface area contributed by atoms with Crippen LogP contribution in [0.15, 0.2) is 18.2 Å². The second-order valence-electron chi connectivity index (χ2n) is 5.76. The molecule has 6 heteroatoms. The van der Waals surface area contributed by atoms with Gasteiger partial charge < -0.3 is 5.32 Å². The monoisotopic (exact) mass is 294 g/mol. The van der Waals surface area contributed by atoms with Gasteiger partial charge in [-0.25, -0.2) is 0 Å². The summed E-state index contributed by atoms with van der Waals surface area (Å²) in [6, 6.07) is 3.20. The van der Waals surface area contributed by atoms with Gasteiger partial charge in [-0.05, 0) is 36.8 Å². The molecule has 1 aliphatic carbocycles. The number of rotatable bonds is 4. The first-order valence-corrected chi connectivity index (χ1v) is 7.19. The molecule has 0 aliphatic heterocycles. The zero-order valence-electron chi connectivity index (χ0n) is 12.0. The molecule has 0 radical (unpaired) electrons. The summed E-state index contributed by atoms with van der Waals surface area (Å²) in [7, 11) is 0. The van der Waals surface area contributed by atoms with Crippen LogP contribution in [0.5, 0.6) is 0 Å². The lowest BCUT2D eigenvalue weighted by Crippen LogP contribution is -2.31. The van der Waals surface area contributed by atoms with E-state index in [0.29, 0.717) is 12.5 Å². The van der Waals surface area contributed by atoms with Crippen LogP contribution in [0.2, 0.25) is 0 Å². The molecule has 2 rings (SSSR count). The number of hydrogen-bond donors (Lipinski definition) is 1. The predicted molar refractivity (Wildman–Crippen MR) is 76.5 cm³/mol. The molecule has 1 aromatic rings. The highest BCUT2D eigenvalue weighted by Crippen LogP contribution is 2.27. The molecular formula is C15H19FN2O3. The van der Waals surface area contributed by atoms with Gasteiger partial charge in [-0.3, -0.25) is 14.9 Å². The van der Waals surface area contributed by atoms with Gasteiger partial charge in [0.2, 0.25) is 5.82 Å². The summed E-state index contributed by atoms with van der Waals surface area (Å²) >= 11 is 0. The highest BCUT2D eigenvalue weighted by atomic mass is 19.1. The van der Waals surface area contributed by atoms with Crippen LogP contribution in [0, 0.1) is 27.8 Å². The second-order valence-corrected chi connectivity index (χ2v) is 5.76. The fourth-order valence-electron chi connectivity index (χ4n) is 2.67. The Morgan fingerprint density at radius 3 is 2.67 bits per heavy atom. The van der Waals surface area contributed by atoms with Crippen LogP contribution in [0.1, 0.15) is 43.0 Å². The van der Waals surface area contributed by atoms with Crippen LogP contribution in [0.25, 0.3) is 0 Å². The van der Waals surface area contributed by atoms with Crippen LogP contribution >= 0.6 is 0 Å². The molecule has 1 N–H and O–H groups in total. The van der Waals surface area contributed by atoms with E-state index in [9.17, 15) is 19.3 Å². The maximum atomic E-state index is 13.2. The minimum absolute atomic E-state index is 0.118. The normalized spacial score (nSPS) is 21.8. The fraction of sp³-hybridized carbons (Fsp3) is 0.533. The summed E-state index contributed by atoms with van der Waals surface area (Å²) in [4.78, 5) is 21.8. The predicted octanol–water partition coefficient (Wildman–Crippen LogP) is 3.29. The molecule has 114 valence electrons. The van der Waals surface area contributed by atoms with E-state index in [1.165, 1.54) is 18.9 Å². The van der Waals surface area contributed by atoms with E-state index in [0.717, 1.165) is 30.9 Å². The Balaban J connectivity index is 1.94. The van der Waals surface area contributed by atoms with E-state index in [4.69, 9.17) is 0 Å². The largest absolute Gasteiger partial charge is 0.352 e. The fourth-order valence-corrected chi connectivity index (χ4v) is 2.67. The van der Waals surface area contributed by atoms with Gasteiger partial charge in [-0.15, -0.1) is 0 Å². The number of carbonyl (C=O) groups is 1. The lowest BCUT2D eigenvalue weighted by Gasteiger charge is -2.26. The third-order valence-electron chi connectivity index (χ3n) is 4.09. The minimum atomic E-state index is -0.933. The van der Waals surface area contributed by atoms with Gasteiger partial charge in [-0.1, -0.05) is 19.8 Å². The Kier molecular flexibility index (Phi) is 4.88. The van der Waals surface area contributed by atoms with Crippen LogP contribution < -0.4 is 5.32 Å². The molecule has 0 atom stereocenters. The lowest BCUT2D eigenvalue weighted by molar-refractivity contribution is -0.387. The van der Waals surface area contributed by atoms with Crippen molar-refractivity contribution in [2.75, 3.05) is 6.54 Å². The molecule has 5 nitrogen and oxygen atoms in total. The summed E-state index contributed by atoms with van der Waals surface area (Å²) in [6.07, 6.45) is 4.52. The van der Waals surface area contributed by atoms with Gasteiger partial charge in [-0.2, -0.15) is 4.39 Å². The molecule has 1 fully saturated rings. The van der Waals surface area contributed by atoms with Gasteiger partial charge in [0, 0.05) is 18.2 Å². The van der Waals surface area contributed by atoms with E-state index in [1.807, 2.05) is 0 Å². The number of nitro groups is 1. The van der Waals surface area contributed by atoms with Crippen LogP contribution in [0.3, 0.4) is 0 Å². The van der Waals surface area contributed by atoms with Crippen molar-refractivity contribution in [3.8, 4) is 0 Å². The molecule has 0 aromatic heterocycles. The molecule has 0 bridgehead atoms.